The molecular weight excluding hydrogens is 592 g/mol. The van der Waals surface area contributed by atoms with E-state index in [1.54, 1.807) is 0 Å². The van der Waals surface area contributed by atoms with Crippen LogP contribution >= 0.6 is 0 Å². The van der Waals surface area contributed by atoms with Gasteiger partial charge in [-0.1, -0.05) is 86.1 Å². The number of aryl methyl sites for hydroxylation is 2. The molecule has 0 amide bonds. The summed E-state index contributed by atoms with van der Waals surface area (Å²) in [6, 6.07) is 23.9. The van der Waals surface area contributed by atoms with Gasteiger partial charge in [-0.2, -0.15) is 0 Å². The van der Waals surface area contributed by atoms with E-state index < -0.39 is 5.76 Å². The quantitative estimate of drug-likeness (QED) is 0.171. The highest BCUT2D eigenvalue weighted by Gasteiger charge is 2.30. The summed E-state index contributed by atoms with van der Waals surface area (Å²) < 4.78 is 18.8. The molecule has 47 heavy (non-hydrogen) atoms. The van der Waals surface area contributed by atoms with E-state index >= 15 is 0 Å². The number of aromatic amines is 1. The molecule has 1 aliphatic heterocycles. The van der Waals surface area contributed by atoms with Crippen molar-refractivity contribution in [3.8, 4) is 28.3 Å². The Kier molecular flexibility index (Phi) is 9.54. The Balaban J connectivity index is 1.27. The summed E-state index contributed by atoms with van der Waals surface area (Å²) in [6.45, 7) is 9.47. The lowest BCUT2D eigenvalue weighted by Crippen LogP contribution is -2.39. The molecular formula is C38H42N4O5. The van der Waals surface area contributed by atoms with Crippen LogP contribution in [0.25, 0.3) is 22.5 Å². The van der Waals surface area contributed by atoms with E-state index in [0.29, 0.717) is 31.8 Å². The summed E-state index contributed by atoms with van der Waals surface area (Å²) in [5, 5.41) is 3.87. The van der Waals surface area contributed by atoms with Crippen LogP contribution in [0.5, 0.6) is 5.75 Å². The van der Waals surface area contributed by atoms with Crippen molar-refractivity contribution < 1.29 is 14.0 Å². The zero-order valence-corrected chi connectivity index (χ0v) is 27.5. The standard InChI is InChI=1S/C38H42N4O5/c1-5-10-33-32(22-25-15-17-27(18-16-25)30-13-7-8-14-31(30)35-40-37(44)47-41-35)36(43)42(34(6-2)39-33)24-26-11-9-12-28(21-26)46-29-19-20-45-38(3,4)23-29/h7-9,11-18,21,29H,5-6,10,19-20,22-24H2,1-4H3,(H,40,41,44). The van der Waals surface area contributed by atoms with Crippen molar-refractivity contribution in [1.82, 2.24) is 19.7 Å². The predicted molar refractivity (Wildman–Crippen MR) is 182 cm³/mol. The third kappa shape index (κ3) is 7.46. The Morgan fingerprint density at radius 1 is 0.979 bits per heavy atom. The van der Waals surface area contributed by atoms with Gasteiger partial charge in [0.2, 0.25) is 0 Å². The van der Waals surface area contributed by atoms with Gasteiger partial charge in [0.05, 0.1) is 24.4 Å². The van der Waals surface area contributed by atoms with Crippen LogP contribution < -0.4 is 16.1 Å². The molecule has 6 rings (SSSR count). The van der Waals surface area contributed by atoms with Gasteiger partial charge in [0.25, 0.3) is 5.56 Å². The van der Waals surface area contributed by atoms with Crippen molar-refractivity contribution in [3.63, 3.8) is 0 Å². The fraction of sp³-hybridized carbons (Fsp3) is 0.368. The largest absolute Gasteiger partial charge is 0.490 e. The van der Waals surface area contributed by atoms with E-state index in [2.05, 4.69) is 30.9 Å². The fourth-order valence-electron chi connectivity index (χ4n) is 6.40. The minimum Gasteiger partial charge on any atom is -0.490 e. The van der Waals surface area contributed by atoms with Crippen LogP contribution in [0.4, 0.5) is 0 Å². The fourth-order valence-corrected chi connectivity index (χ4v) is 6.40. The number of H-pyrrole nitrogens is 1. The second-order valence-corrected chi connectivity index (χ2v) is 12.8. The average Bonchev–Trinajstić information content (AvgIpc) is 3.50. The van der Waals surface area contributed by atoms with Crippen molar-refractivity contribution in [2.24, 2.45) is 0 Å². The van der Waals surface area contributed by atoms with E-state index in [1.165, 1.54) is 0 Å². The van der Waals surface area contributed by atoms with Gasteiger partial charge in [0, 0.05) is 36.8 Å². The molecule has 0 aliphatic carbocycles. The van der Waals surface area contributed by atoms with Gasteiger partial charge in [-0.05, 0) is 54.7 Å². The van der Waals surface area contributed by atoms with Crippen LogP contribution in [-0.4, -0.2) is 38.0 Å². The average molecular weight is 635 g/mol. The molecule has 1 atom stereocenters. The lowest BCUT2D eigenvalue weighted by atomic mass is 9.96. The molecule has 1 fully saturated rings. The van der Waals surface area contributed by atoms with Crippen LogP contribution in [-0.2, 0) is 30.5 Å². The third-order valence-corrected chi connectivity index (χ3v) is 8.69. The van der Waals surface area contributed by atoms with Crippen molar-refractivity contribution in [1.29, 1.82) is 0 Å². The van der Waals surface area contributed by atoms with Crippen molar-refractivity contribution in [2.45, 2.75) is 84.5 Å². The Hall–Kier alpha value is -4.76. The van der Waals surface area contributed by atoms with Gasteiger partial charge in [-0.15, -0.1) is 0 Å². The van der Waals surface area contributed by atoms with Gasteiger partial charge < -0.3 is 9.47 Å². The van der Waals surface area contributed by atoms with Crippen molar-refractivity contribution in [3.05, 3.63) is 122 Å². The maximum absolute atomic E-state index is 14.3. The maximum Gasteiger partial charge on any atom is 0.439 e. The summed E-state index contributed by atoms with van der Waals surface area (Å²) in [5.74, 6) is 1.38. The molecule has 0 radical (unpaired) electrons. The lowest BCUT2D eigenvalue weighted by molar-refractivity contribution is -0.0897. The molecule has 1 N–H and O–H groups in total. The SMILES string of the molecule is CCCc1nc(CC)n(Cc2cccc(OC3CCOC(C)(C)C3)c2)c(=O)c1Cc1ccc(-c2ccccc2-c2noc(=O)[nH]2)cc1. The Bertz CT molecular complexity index is 1950. The summed E-state index contributed by atoms with van der Waals surface area (Å²) in [7, 11) is 0. The monoisotopic (exact) mass is 634 g/mol. The molecule has 3 aromatic carbocycles. The first-order valence-electron chi connectivity index (χ1n) is 16.5. The minimum atomic E-state index is -0.596. The number of ether oxygens (including phenoxy) is 2. The van der Waals surface area contributed by atoms with E-state index in [1.807, 2.05) is 84.3 Å². The van der Waals surface area contributed by atoms with E-state index in [-0.39, 0.29) is 17.3 Å². The summed E-state index contributed by atoms with van der Waals surface area (Å²) in [6.07, 6.45) is 4.56. The number of rotatable bonds is 11. The topological polar surface area (TPSA) is 112 Å². The molecule has 0 spiro atoms. The maximum atomic E-state index is 14.3. The van der Waals surface area contributed by atoms with Crippen LogP contribution in [0, 0.1) is 0 Å². The van der Waals surface area contributed by atoms with E-state index in [0.717, 1.165) is 76.3 Å². The molecule has 0 bridgehead atoms. The molecule has 2 aromatic heterocycles. The van der Waals surface area contributed by atoms with Crippen molar-refractivity contribution >= 4 is 0 Å². The van der Waals surface area contributed by atoms with E-state index in [4.69, 9.17) is 19.0 Å². The summed E-state index contributed by atoms with van der Waals surface area (Å²) >= 11 is 0. The predicted octanol–water partition coefficient (Wildman–Crippen LogP) is 6.74. The number of nitrogens with zero attached hydrogens (tertiary/aromatic N) is 3. The number of hydrogen-bond acceptors (Lipinski definition) is 7. The Labute approximate surface area is 274 Å². The molecule has 1 unspecified atom stereocenters. The molecule has 3 heterocycles. The van der Waals surface area contributed by atoms with Gasteiger partial charge >= 0.3 is 5.76 Å². The lowest BCUT2D eigenvalue weighted by Gasteiger charge is -2.35. The second kappa shape index (κ2) is 13.9. The molecule has 244 valence electrons. The highest BCUT2D eigenvalue weighted by molar-refractivity contribution is 5.80. The molecule has 9 heteroatoms. The zero-order chi connectivity index (χ0) is 33.0. The van der Waals surface area contributed by atoms with Crippen LogP contribution in [0.3, 0.4) is 0 Å². The van der Waals surface area contributed by atoms with Gasteiger partial charge in [0.15, 0.2) is 5.82 Å². The summed E-state index contributed by atoms with van der Waals surface area (Å²) in [4.78, 5) is 33.5. The van der Waals surface area contributed by atoms with Crippen LogP contribution in [0.2, 0.25) is 0 Å². The van der Waals surface area contributed by atoms with Gasteiger partial charge in [-0.3, -0.25) is 18.9 Å². The second-order valence-electron chi connectivity index (χ2n) is 12.8. The highest BCUT2D eigenvalue weighted by Crippen LogP contribution is 2.31. The number of benzene rings is 3. The number of aromatic nitrogens is 4. The van der Waals surface area contributed by atoms with Crippen molar-refractivity contribution in [2.75, 3.05) is 6.61 Å². The highest BCUT2D eigenvalue weighted by atomic mass is 16.5. The number of hydrogen-bond donors (Lipinski definition) is 1. The smallest absolute Gasteiger partial charge is 0.439 e. The first-order valence-corrected chi connectivity index (χ1v) is 16.5. The molecule has 1 aliphatic rings. The van der Waals surface area contributed by atoms with Crippen LogP contribution in [0.15, 0.2) is 86.9 Å². The van der Waals surface area contributed by atoms with Gasteiger partial charge in [0.1, 0.15) is 17.7 Å². The molecule has 0 saturated carbocycles. The third-order valence-electron chi connectivity index (χ3n) is 8.69. The summed E-state index contributed by atoms with van der Waals surface area (Å²) in [5.41, 5.74) is 6.07. The molecule has 9 nitrogen and oxygen atoms in total. The zero-order valence-electron chi connectivity index (χ0n) is 27.5. The minimum absolute atomic E-state index is 0.00205. The molecule has 1 saturated heterocycles. The van der Waals surface area contributed by atoms with Crippen LogP contribution in [0.1, 0.15) is 75.2 Å². The number of nitrogens with one attached hydrogen (secondary N) is 1. The normalized spacial score (nSPS) is 15.9. The van der Waals surface area contributed by atoms with E-state index in [9.17, 15) is 9.59 Å². The first kappa shape index (κ1) is 32.2. The molecule has 5 aromatic rings. The van der Waals surface area contributed by atoms with Gasteiger partial charge in [-0.25, -0.2) is 9.78 Å². The Morgan fingerprint density at radius 2 is 1.77 bits per heavy atom. The first-order chi connectivity index (χ1) is 22.7. The Morgan fingerprint density at radius 3 is 2.47 bits per heavy atom.